The highest BCUT2D eigenvalue weighted by Gasteiger charge is 2.38. The average molecular weight is 629 g/mol. The van der Waals surface area contributed by atoms with Crippen LogP contribution in [0.3, 0.4) is 0 Å². The van der Waals surface area contributed by atoms with Crippen LogP contribution in [-0.2, 0) is 43.2 Å². The van der Waals surface area contributed by atoms with Gasteiger partial charge in [-0.3, -0.25) is 38.4 Å². The molecule has 0 aromatic rings. The molecule has 1 rings (SSSR count). The zero-order chi connectivity index (χ0) is 33.6. The molecule has 0 saturated carbocycles. The normalized spacial score (nSPS) is 16.2. The summed E-state index contributed by atoms with van der Waals surface area (Å²) >= 11 is 0. The molecule has 8 N–H and O–H groups in total. The first-order valence-corrected chi connectivity index (χ1v) is 13.9. The Morgan fingerprint density at radius 3 is 1.89 bits per heavy atom. The number of carbonyl (C=O) groups is 9. The number of likely N-dealkylation sites (tertiary alicyclic amines) is 1. The zero-order valence-electron chi connectivity index (χ0n) is 24.7. The van der Waals surface area contributed by atoms with Gasteiger partial charge in [0.1, 0.15) is 24.2 Å². The smallest absolute Gasteiger partial charge is 0.326 e. The molecule has 0 spiro atoms. The molecule has 246 valence electrons. The lowest BCUT2D eigenvalue weighted by Gasteiger charge is -2.27. The van der Waals surface area contributed by atoms with Crippen molar-refractivity contribution in [2.75, 3.05) is 19.6 Å². The Labute approximate surface area is 252 Å². The number of carbonyl (C=O) groups excluding carboxylic acids is 6. The Hall–Kier alpha value is -4.77. The summed E-state index contributed by atoms with van der Waals surface area (Å²) in [6, 6.07) is -5.38. The first-order chi connectivity index (χ1) is 20.5. The van der Waals surface area contributed by atoms with E-state index in [0.717, 1.165) is 4.90 Å². The van der Waals surface area contributed by atoms with E-state index in [2.05, 4.69) is 26.6 Å². The molecule has 0 aromatic carbocycles. The molecule has 1 saturated heterocycles. The van der Waals surface area contributed by atoms with Crippen molar-refractivity contribution in [2.45, 2.75) is 83.5 Å². The van der Waals surface area contributed by atoms with Crippen molar-refractivity contribution < 1.29 is 58.5 Å². The fraction of sp³-hybridized carbons (Fsp3) is 0.654. The highest BCUT2D eigenvalue weighted by molar-refractivity contribution is 5.96. The lowest BCUT2D eigenvalue weighted by molar-refractivity contribution is -0.150. The topological polar surface area (TPSA) is 278 Å². The van der Waals surface area contributed by atoms with E-state index in [0.29, 0.717) is 6.42 Å². The van der Waals surface area contributed by atoms with Crippen LogP contribution >= 0.6 is 0 Å². The van der Waals surface area contributed by atoms with Crippen molar-refractivity contribution in [2.24, 2.45) is 5.92 Å². The maximum absolute atomic E-state index is 13.0. The molecule has 4 atom stereocenters. The molecule has 1 heterocycles. The highest BCUT2D eigenvalue weighted by Crippen LogP contribution is 2.19. The fourth-order valence-corrected chi connectivity index (χ4v) is 4.36. The lowest BCUT2D eigenvalue weighted by atomic mass is 10.0. The van der Waals surface area contributed by atoms with Gasteiger partial charge in [-0.05, 0) is 31.6 Å². The van der Waals surface area contributed by atoms with E-state index in [-0.39, 0.29) is 31.7 Å². The van der Waals surface area contributed by atoms with Gasteiger partial charge in [-0.1, -0.05) is 13.8 Å². The van der Waals surface area contributed by atoms with Gasteiger partial charge in [-0.25, -0.2) is 4.79 Å². The van der Waals surface area contributed by atoms with Crippen LogP contribution in [0.2, 0.25) is 0 Å². The number of rotatable bonds is 18. The average Bonchev–Trinajstić information content (AvgIpc) is 3.41. The summed E-state index contributed by atoms with van der Waals surface area (Å²) in [6.07, 6.45) is -1.05. The Bertz CT molecular complexity index is 1130. The summed E-state index contributed by atoms with van der Waals surface area (Å²) in [7, 11) is 0. The summed E-state index contributed by atoms with van der Waals surface area (Å²) in [5.41, 5.74) is 0. The van der Waals surface area contributed by atoms with E-state index in [9.17, 15) is 53.4 Å². The summed E-state index contributed by atoms with van der Waals surface area (Å²) in [6.45, 7) is 3.50. The Kier molecular flexibility index (Phi) is 15.3. The monoisotopic (exact) mass is 628 g/mol. The molecular formula is C26H40N6O12. The maximum Gasteiger partial charge on any atom is 0.326 e. The SMILES string of the molecule is CC(=O)NCC(=O)N[C@@H](CCC(=O)O)C(=O)N[C@@H](CC(C)C)C(=O)NCC(=O)N[C@@H](CC(=O)O)C(=O)N1CCC[C@H]1C(=O)O. The molecular weight excluding hydrogens is 588 g/mol. The van der Waals surface area contributed by atoms with Crippen molar-refractivity contribution in [3.05, 3.63) is 0 Å². The van der Waals surface area contributed by atoms with E-state index in [1.807, 2.05) is 0 Å². The number of nitrogens with one attached hydrogen (secondary N) is 5. The van der Waals surface area contributed by atoms with Crippen molar-refractivity contribution in [1.29, 1.82) is 0 Å². The zero-order valence-corrected chi connectivity index (χ0v) is 24.7. The second-order valence-electron chi connectivity index (χ2n) is 10.6. The van der Waals surface area contributed by atoms with Gasteiger partial charge in [-0.2, -0.15) is 0 Å². The third-order valence-electron chi connectivity index (χ3n) is 6.39. The van der Waals surface area contributed by atoms with Crippen LogP contribution < -0.4 is 26.6 Å². The van der Waals surface area contributed by atoms with E-state index in [1.54, 1.807) is 13.8 Å². The maximum atomic E-state index is 13.0. The third-order valence-corrected chi connectivity index (χ3v) is 6.39. The molecule has 1 fully saturated rings. The van der Waals surface area contributed by atoms with Gasteiger partial charge in [0.25, 0.3) is 0 Å². The van der Waals surface area contributed by atoms with Gasteiger partial charge < -0.3 is 46.8 Å². The lowest BCUT2D eigenvalue weighted by Crippen LogP contribution is -2.56. The molecule has 18 heteroatoms. The molecule has 6 amide bonds. The number of carboxylic acids is 3. The summed E-state index contributed by atoms with van der Waals surface area (Å²) in [5, 5.41) is 39.1. The van der Waals surface area contributed by atoms with Gasteiger partial charge in [0.2, 0.25) is 35.4 Å². The van der Waals surface area contributed by atoms with Gasteiger partial charge in [0.15, 0.2) is 0 Å². The van der Waals surface area contributed by atoms with Gasteiger partial charge in [0.05, 0.1) is 19.5 Å². The fourth-order valence-electron chi connectivity index (χ4n) is 4.36. The van der Waals surface area contributed by atoms with E-state index >= 15 is 0 Å². The molecule has 1 aliphatic rings. The Morgan fingerprint density at radius 2 is 1.36 bits per heavy atom. The Morgan fingerprint density at radius 1 is 0.773 bits per heavy atom. The number of amides is 6. The van der Waals surface area contributed by atoms with E-state index < -0.39 is 103 Å². The predicted molar refractivity (Wildman–Crippen MR) is 148 cm³/mol. The molecule has 0 aliphatic carbocycles. The van der Waals surface area contributed by atoms with Crippen LogP contribution in [0.1, 0.15) is 59.3 Å². The minimum absolute atomic E-state index is 0.0657. The van der Waals surface area contributed by atoms with Gasteiger partial charge in [0, 0.05) is 19.9 Å². The van der Waals surface area contributed by atoms with Crippen LogP contribution in [0.5, 0.6) is 0 Å². The number of hydrogen-bond donors (Lipinski definition) is 8. The van der Waals surface area contributed by atoms with E-state index in [1.165, 1.54) is 6.92 Å². The first-order valence-electron chi connectivity index (χ1n) is 13.9. The summed E-state index contributed by atoms with van der Waals surface area (Å²) in [5.74, 6) is -8.97. The van der Waals surface area contributed by atoms with Crippen LogP contribution in [0.15, 0.2) is 0 Å². The van der Waals surface area contributed by atoms with Crippen molar-refractivity contribution >= 4 is 53.4 Å². The quantitative estimate of drug-likeness (QED) is 0.0762. The minimum Gasteiger partial charge on any atom is -0.481 e. The first kappa shape index (κ1) is 37.3. The Balaban J connectivity index is 2.93. The second kappa shape index (κ2) is 18.0. The molecule has 0 unspecified atom stereocenters. The molecule has 1 aliphatic heterocycles. The molecule has 44 heavy (non-hydrogen) atoms. The number of nitrogens with zero attached hydrogens (tertiary/aromatic N) is 1. The van der Waals surface area contributed by atoms with Crippen LogP contribution in [0.25, 0.3) is 0 Å². The number of aliphatic carboxylic acids is 3. The molecule has 0 aromatic heterocycles. The van der Waals surface area contributed by atoms with Crippen molar-refractivity contribution in [3.8, 4) is 0 Å². The van der Waals surface area contributed by atoms with Crippen LogP contribution in [-0.4, -0.2) is 117 Å². The number of hydrogen-bond acceptors (Lipinski definition) is 9. The summed E-state index contributed by atoms with van der Waals surface area (Å²) < 4.78 is 0. The minimum atomic E-state index is -1.60. The van der Waals surface area contributed by atoms with Crippen molar-refractivity contribution in [3.63, 3.8) is 0 Å². The standard InChI is InChI=1S/C26H40N6O12/c1-13(2)9-16(31-24(41)15(6-7-21(36)37)29-19(34)11-27-14(3)33)23(40)28-12-20(35)30-17(10-22(38)39)25(42)32-8-4-5-18(32)26(43)44/h13,15-18H,4-12H2,1-3H3,(H,27,33)(H,28,40)(H,29,34)(H,30,35)(H,31,41)(H,36,37)(H,38,39)(H,43,44)/t15-,16-,17-,18-/m0/s1. The van der Waals surface area contributed by atoms with Crippen LogP contribution in [0.4, 0.5) is 0 Å². The third kappa shape index (κ3) is 13.5. The van der Waals surface area contributed by atoms with Gasteiger partial charge in [-0.15, -0.1) is 0 Å². The van der Waals surface area contributed by atoms with Crippen molar-refractivity contribution in [1.82, 2.24) is 31.5 Å². The molecule has 18 nitrogen and oxygen atoms in total. The second-order valence-corrected chi connectivity index (χ2v) is 10.6. The summed E-state index contributed by atoms with van der Waals surface area (Å²) in [4.78, 5) is 109. The molecule has 0 radical (unpaired) electrons. The van der Waals surface area contributed by atoms with Crippen LogP contribution in [0, 0.1) is 5.92 Å². The largest absolute Gasteiger partial charge is 0.481 e. The van der Waals surface area contributed by atoms with E-state index in [4.69, 9.17) is 5.11 Å². The predicted octanol–water partition coefficient (Wildman–Crippen LogP) is -2.85. The van der Waals surface area contributed by atoms with Gasteiger partial charge >= 0.3 is 17.9 Å². The number of carboxylic acid groups (broad SMARTS) is 3. The highest BCUT2D eigenvalue weighted by atomic mass is 16.4. The molecule has 0 bridgehead atoms.